The molecule has 5 aliphatic rings. The van der Waals surface area contributed by atoms with E-state index in [0.717, 1.165) is 76.4 Å². The van der Waals surface area contributed by atoms with E-state index in [1.54, 1.807) is 62.4 Å². The van der Waals surface area contributed by atoms with E-state index in [1.165, 1.54) is 43.2 Å². The Morgan fingerprint density at radius 2 is 0.787 bits per heavy atom. The third kappa shape index (κ3) is 8.49. The van der Waals surface area contributed by atoms with E-state index in [-0.39, 0.29) is 41.8 Å². The maximum Gasteiger partial charge on any atom is 0.262 e. The highest BCUT2D eigenvalue weighted by Crippen LogP contribution is 2.45. The molecular formula is C61H48BrN7O6. The van der Waals surface area contributed by atoms with Gasteiger partial charge in [0.05, 0.1) is 34.3 Å². The first-order valence-electron chi connectivity index (χ1n) is 25.0. The Morgan fingerprint density at radius 1 is 0.427 bits per heavy atom. The number of nitrogens with zero attached hydrogens (tertiary/aromatic N) is 6. The SMILES string of the molecule is Cc1nnc(-c2ccc(-c3cccc4c3CC[C@H]4N)cc2)o1.Cc1nnc(-c2ccc(-c3cccc4c3CC[C@H]4N3C(=O)c4ccccc4C3=O)cc2)o1.O=C1c2ccccc2C(=O)N1[C@@H]1CCc2c(Br)cccc21. The van der Waals surface area contributed by atoms with Gasteiger partial charge in [0.2, 0.25) is 23.6 Å². The smallest absolute Gasteiger partial charge is 0.262 e. The first kappa shape index (κ1) is 47.5. The minimum absolute atomic E-state index is 0.148. The summed E-state index contributed by atoms with van der Waals surface area (Å²) in [5.41, 5.74) is 21.9. The van der Waals surface area contributed by atoms with Crippen LogP contribution in [0.3, 0.4) is 0 Å². The lowest BCUT2D eigenvalue weighted by atomic mass is 9.95. The fourth-order valence-corrected chi connectivity index (χ4v) is 12.0. The molecule has 3 atom stereocenters. The number of fused-ring (bicyclic) bond motifs is 5. The van der Waals surface area contributed by atoms with Gasteiger partial charge in [-0.15, -0.1) is 20.4 Å². The number of carbonyl (C=O) groups excluding carboxylic acids is 4. The molecule has 75 heavy (non-hydrogen) atoms. The standard InChI is InChI=1S/C26H19N3O3.C18H17N3O.C17H12BrNO2/c1-15-27-28-24(32-15)17-11-9-16(10-12-17)18-7-4-8-20-19(18)13-14-23(20)29-25(30)21-5-2-3-6-22(21)26(29)31;1-11-20-21-18(22-11)13-7-5-12(6-8-13)14-3-2-4-16-15(14)9-10-17(16)19;18-14-7-3-6-11-10(14)8-9-15(11)19-16(20)12-4-1-2-5-13(12)17(19)21/h2-12,23H,13-14H2,1H3;2-8,17H,9-10,19H2,1H3;1-7,15H,8-9H2/t23-;17-;15-/m111/s1. The predicted octanol–water partition coefficient (Wildman–Crippen LogP) is 12.4. The summed E-state index contributed by atoms with van der Waals surface area (Å²) in [5.74, 6) is 1.42. The number of hydrogen-bond acceptors (Lipinski definition) is 11. The molecule has 0 fully saturated rings. The van der Waals surface area contributed by atoms with Crippen molar-refractivity contribution in [3.05, 3.63) is 224 Å². The molecule has 0 saturated heterocycles. The van der Waals surface area contributed by atoms with Gasteiger partial charge in [0.15, 0.2) is 0 Å². The fourth-order valence-electron chi connectivity index (χ4n) is 11.4. The maximum atomic E-state index is 13.0. The van der Waals surface area contributed by atoms with Crippen LogP contribution in [-0.4, -0.2) is 53.8 Å². The number of nitrogens with two attached hydrogens (primary N) is 1. The van der Waals surface area contributed by atoms with Gasteiger partial charge in [0.25, 0.3) is 23.6 Å². The van der Waals surface area contributed by atoms with E-state index in [0.29, 0.717) is 45.8 Å². The molecule has 0 spiro atoms. The van der Waals surface area contributed by atoms with E-state index >= 15 is 0 Å². The van der Waals surface area contributed by atoms with Crippen LogP contribution in [0.25, 0.3) is 45.2 Å². The monoisotopic (exact) mass is 1050 g/mol. The summed E-state index contributed by atoms with van der Waals surface area (Å²) in [6.45, 7) is 3.56. The van der Waals surface area contributed by atoms with Crippen molar-refractivity contribution in [1.29, 1.82) is 0 Å². The number of aryl methyl sites for hydroxylation is 2. The molecule has 370 valence electrons. The average Bonchev–Trinajstić information content (AvgIpc) is 4.35. The van der Waals surface area contributed by atoms with Crippen LogP contribution in [0.1, 0.15) is 124 Å². The van der Waals surface area contributed by atoms with Crippen LogP contribution in [0.5, 0.6) is 0 Å². The Balaban J connectivity index is 0.000000118. The summed E-state index contributed by atoms with van der Waals surface area (Å²) in [4.78, 5) is 54.1. The van der Waals surface area contributed by atoms with Gasteiger partial charge in [-0.05, 0) is 149 Å². The molecule has 13 nitrogen and oxygen atoms in total. The van der Waals surface area contributed by atoms with Gasteiger partial charge in [-0.3, -0.25) is 29.0 Å². The van der Waals surface area contributed by atoms with Gasteiger partial charge in [-0.25, -0.2) is 0 Å². The van der Waals surface area contributed by atoms with Gasteiger partial charge in [-0.1, -0.05) is 113 Å². The number of carbonyl (C=O) groups is 4. The lowest BCUT2D eigenvalue weighted by Crippen LogP contribution is -2.33. The van der Waals surface area contributed by atoms with Gasteiger partial charge in [-0.2, -0.15) is 0 Å². The predicted molar refractivity (Wildman–Crippen MR) is 285 cm³/mol. The molecule has 0 saturated carbocycles. The zero-order valence-corrected chi connectivity index (χ0v) is 42.6. The van der Waals surface area contributed by atoms with Crippen molar-refractivity contribution in [2.45, 2.75) is 70.5 Å². The summed E-state index contributed by atoms with van der Waals surface area (Å²) in [5, 5.41) is 15.9. The topological polar surface area (TPSA) is 179 Å². The van der Waals surface area contributed by atoms with Crippen molar-refractivity contribution in [3.63, 3.8) is 0 Å². The van der Waals surface area contributed by atoms with Crippen LogP contribution >= 0.6 is 15.9 Å². The van der Waals surface area contributed by atoms with E-state index in [2.05, 4.69) is 72.7 Å². The lowest BCUT2D eigenvalue weighted by molar-refractivity contribution is 0.0567. The Morgan fingerprint density at radius 3 is 1.23 bits per heavy atom. The number of rotatable bonds is 6. The molecule has 7 aromatic carbocycles. The van der Waals surface area contributed by atoms with Gasteiger partial charge < -0.3 is 14.6 Å². The first-order valence-corrected chi connectivity index (χ1v) is 25.8. The molecule has 2 N–H and O–H groups in total. The van der Waals surface area contributed by atoms with Gasteiger partial charge >= 0.3 is 0 Å². The fraction of sp³-hybridized carbons (Fsp3) is 0.180. The molecule has 0 radical (unpaired) electrons. The molecule has 14 rings (SSSR count). The summed E-state index contributed by atoms with van der Waals surface area (Å²) in [6, 6.07) is 48.7. The molecule has 0 unspecified atom stereocenters. The summed E-state index contributed by atoms with van der Waals surface area (Å²) in [7, 11) is 0. The maximum absolute atomic E-state index is 13.0. The Kier molecular flexibility index (Phi) is 12.3. The number of hydrogen-bond donors (Lipinski definition) is 1. The molecule has 9 aromatic rings. The van der Waals surface area contributed by atoms with E-state index in [9.17, 15) is 19.2 Å². The van der Waals surface area contributed by atoms with E-state index in [1.807, 2.05) is 66.7 Å². The number of amides is 4. The molecule has 4 amide bonds. The Labute approximate surface area is 440 Å². The molecule has 0 bridgehead atoms. The molecule has 2 aliphatic heterocycles. The van der Waals surface area contributed by atoms with Crippen LogP contribution in [-0.2, 0) is 19.3 Å². The molecule has 3 aliphatic carbocycles. The number of halogens is 1. The number of benzene rings is 7. The Bertz CT molecular complexity index is 3680. The van der Waals surface area contributed by atoms with Gasteiger partial charge in [0, 0.05) is 35.5 Å². The highest BCUT2D eigenvalue weighted by Gasteiger charge is 2.44. The second-order valence-electron chi connectivity index (χ2n) is 19.3. The zero-order valence-electron chi connectivity index (χ0n) is 41.0. The van der Waals surface area contributed by atoms with E-state index < -0.39 is 0 Å². The van der Waals surface area contributed by atoms with Crippen LogP contribution in [0.4, 0.5) is 0 Å². The van der Waals surface area contributed by atoms with Crippen molar-refractivity contribution in [3.8, 4) is 45.2 Å². The minimum Gasteiger partial charge on any atom is -0.421 e. The number of imide groups is 2. The van der Waals surface area contributed by atoms with Crippen molar-refractivity contribution in [2.75, 3.05) is 0 Å². The molecule has 14 heteroatoms. The summed E-state index contributed by atoms with van der Waals surface area (Å²) >= 11 is 3.55. The van der Waals surface area contributed by atoms with Gasteiger partial charge in [0.1, 0.15) is 0 Å². The highest BCUT2D eigenvalue weighted by atomic mass is 79.9. The van der Waals surface area contributed by atoms with Crippen molar-refractivity contribution < 1.29 is 28.0 Å². The quantitative estimate of drug-likeness (QED) is 0.157. The molecule has 2 aromatic heterocycles. The second-order valence-corrected chi connectivity index (χ2v) is 20.1. The van der Waals surface area contributed by atoms with Crippen LogP contribution < -0.4 is 5.73 Å². The minimum atomic E-state index is -0.238. The lowest BCUT2D eigenvalue weighted by Gasteiger charge is -2.23. The zero-order chi connectivity index (χ0) is 51.5. The third-order valence-corrected chi connectivity index (χ3v) is 15.7. The van der Waals surface area contributed by atoms with Crippen LogP contribution in [0, 0.1) is 13.8 Å². The summed E-state index contributed by atoms with van der Waals surface area (Å²) < 4.78 is 12.0. The largest absolute Gasteiger partial charge is 0.421 e. The number of aromatic nitrogens is 4. The highest BCUT2D eigenvalue weighted by molar-refractivity contribution is 9.10. The Hall–Kier alpha value is -8.46. The van der Waals surface area contributed by atoms with Crippen LogP contribution in [0.15, 0.2) is 165 Å². The van der Waals surface area contributed by atoms with Crippen LogP contribution in [0.2, 0.25) is 0 Å². The first-order chi connectivity index (χ1) is 36.5. The summed E-state index contributed by atoms with van der Waals surface area (Å²) in [6.07, 6.45) is 5.31. The molecular weight excluding hydrogens is 1010 g/mol. The molecule has 4 heterocycles. The average molecular weight is 1060 g/mol. The van der Waals surface area contributed by atoms with Crippen molar-refractivity contribution in [2.24, 2.45) is 5.73 Å². The van der Waals surface area contributed by atoms with Crippen molar-refractivity contribution in [1.82, 2.24) is 30.2 Å². The second kappa shape index (κ2) is 19.4. The van der Waals surface area contributed by atoms with E-state index in [4.69, 9.17) is 14.6 Å². The normalized spacial score (nSPS) is 17.7. The van der Waals surface area contributed by atoms with Crippen molar-refractivity contribution >= 4 is 39.6 Å². The third-order valence-electron chi connectivity index (χ3n) is 15.0.